The van der Waals surface area contributed by atoms with Gasteiger partial charge in [-0.1, -0.05) is 24.3 Å². The van der Waals surface area contributed by atoms with E-state index >= 15 is 0 Å². The summed E-state index contributed by atoms with van der Waals surface area (Å²) in [5, 5.41) is 0. The first kappa shape index (κ1) is 12.9. The van der Waals surface area contributed by atoms with E-state index in [0.29, 0.717) is 0 Å². The molecular weight excluding hydrogens is 256 g/mol. The Hall–Kier alpha value is -0.0800. The van der Waals surface area contributed by atoms with Crippen LogP contribution in [0.1, 0.15) is 36.8 Å². The van der Waals surface area contributed by atoms with Crippen molar-refractivity contribution in [3.63, 3.8) is 0 Å². The van der Waals surface area contributed by atoms with Crippen molar-refractivity contribution in [2.45, 2.75) is 37.2 Å². The van der Waals surface area contributed by atoms with Crippen LogP contribution in [0.3, 0.4) is 0 Å². The van der Waals surface area contributed by atoms with Gasteiger partial charge in [0, 0.05) is 11.5 Å². The molecule has 6 rings (SSSR count). The molecule has 0 radical (unpaired) electrons. The van der Waals surface area contributed by atoms with E-state index in [9.17, 15) is 0 Å². The highest BCUT2D eigenvalue weighted by Crippen LogP contribution is 2.34. The van der Waals surface area contributed by atoms with Gasteiger partial charge in [0.2, 0.25) is 0 Å². The lowest BCUT2D eigenvalue weighted by molar-refractivity contribution is 0.315. The second-order valence-electron chi connectivity index (χ2n) is 5.73. The fourth-order valence-corrected chi connectivity index (χ4v) is 5.41. The van der Waals surface area contributed by atoms with Crippen LogP contribution >= 0.6 is 23.5 Å². The van der Waals surface area contributed by atoms with Crippen molar-refractivity contribution >= 4 is 23.5 Å². The van der Waals surface area contributed by atoms with Crippen LogP contribution in [0.4, 0.5) is 0 Å². The largest absolute Gasteiger partial charge is 0.157 e. The van der Waals surface area contributed by atoms with Crippen LogP contribution in [-0.4, -0.2) is 11.5 Å². The summed E-state index contributed by atoms with van der Waals surface area (Å²) in [5.74, 6) is 7.15. The van der Waals surface area contributed by atoms with E-state index in [1.165, 1.54) is 59.8 Å². The number of thioether (sulfide) groups is 2. The van der Waals surface area contributed by atoms with Crippen molar-refractivity contribution in [2.75, 3.05) is 11.5 Å². The monoisotopic (exact) mass is 278 g/mol. The Morgan fingerprint density at radius 1 is 0.667 bits per heavy atom. The van der Waals surface area contributed by atoms with Crippen molar-refractivity contribution in [1.29, 1.82) is 0 Å². The SMILES string of the molecule is c1cc2ccc1CSCC1CCC(CC1)CSC2. The molecule has 1 saturated carbocycles. The van der Waals surface area contributed by atoms with Crippen molar-refractivity contribution in [3.8, 4) is 0 Å². The summed E-state index contributed by atoms with van der Waals surface area (Å²) in [6.07, 6.45) is 5.93. The first-order valence-electron chi connectivity index (χ1n) is 7.13. The Balaban J connectivity index is 1.69. The number of rotatable bonds is 0. The van der Waals surface area contributed by atoms with Crippen LogP contribution in [0, 0.1) is 11.8 Å². The predicted octanol–water partition coefficient (Wildman–Crippen LogP) is 4.97. The summed E-state index contributed by atoms with van der Waals surface area (Å²) in [6.45, 7) is 0. The Labute approximate surface area is 119 Å². The van der Waals surface area contributed by atoms with Crippen LogP contribution in [0.2, 0.25) is 0 Å². The molecule has 0 aromatic heterocycles. The quantitative estimate of drug-likeness (QED) is 0.657. The van der Waals surface area contributed by atoms with Gasteiger partial charge in [-0.25, -0.2) is 0 Å². The van der Waals surface area contributed by atoms with Crippen molar-refractivity contribution in [2.24, 2.45) is 11.8 Å². The standard InChI is InChI=1S/C16H22S2/c1-2-14-4-3-13(1)9-17-11-15-5-7-16(8-6-15)12-18-10-14/h1-4,15-16H,5-12H2. The van der Waals surface area contributed by atoms with E-state index in [4.69, 9.17) is 0 Å². The molecule has 0 saturated heterocycles. The third kappa shape index (κ3) is 3.48. The van der Waals surface area contributed by atoms with E-state index in [0.717, 1.165) is 11.8 Å². The van der Waals surface area contributed by atoms with Gasteiger partial charge >= 0.3 is 0 Å². The number of hydrogen-bond donors (Lipinski definition) is 0. The Morgan fingerprint density at radius 2 is 1.06 bits per heavy atom. The first-order valence-corrected chi connectivity index (χ1v) is 9.44. The molecule has 1 aromatic rings. The van der Waals surface area contributed by atoms with E-state index < -0.39 is 0 Å². The minimum absolute atomic E-state index is 0.999. The minimum Gasteiger partial charge on any atom is -0.157 e. The normalized spacial score (nSPS) is 29.1. The molecule has 4 aliphatic heterocycles. The smallest absolute Gasteiger partial charge is 0.0184 e. The maximum atomic E-state index is 2.33. The molecule has 0 unspecified atom stereocenters. The molecule has 0 nitrogen and oxygen atoms in total. The Morgan fingerprint density at radius 3 is 1.44 bits per heavy atom. The highest BCUT2D eigenvalue weighted by molar-refractivity contribution is 7.98. The topological polar surface area (TPSA) is 0 Å². The highest BCUT2D eigenvalue weighted by Gasteiger charge is 2.21. The summed E-state index contributed by atoms with van der Waals surface area (Å²) in [4.78, 5) is 0. The third-order valence-corrected chi connectivity index (χ3v) is 6.72. The van der Waals surface area contributed by atoms with E-state index in [1.807, 2.05) is 0 Å². The molecule has 1 fully saturated rings. The minimum atomic E-state index is 0.999. The molecule has 0 N–H and O–H groups in total. The van der Waals surface area contributed by atoms with Crippen molar-refractivity contribution in [3.05, 3.63) is 35.4 Å². The molecule has 98 valence electrons. The van der Waals surface area contributed by atoms with Crippen molar-refractivity contribution < 1.29 is 0 Å². The third-order valence-electron chi connectivity index (χ3n) is 4.23. The number of hydrogen-bond acceptors (Lipinski definition) is 2. The summed E-state index contributed by atoms with van der Waals surface area (Å²) in [5.41, 5.74) is 3.00. The van der Waals surface area contributed by atoms with Gasteiger partial charge in [0.1, 0.15) is 0 Å². The Kier molecular flexibility index (Phi) is 4.58. The van der Waals surface area contributed by atoms with Crippen LogP contribution in [0.15, 0.2) is 24.3 Å². The maximum Gasteiger partial charge on any atom is 0.0184 e. The molecular formula is C16H22S2. The summed E-state index contributed by atoms with van der Waals surface area (Å²) >= 11 is 4.28. The molecule has 2 heteroatoms. The molecule has 5 aliphatic rings. The summed E-state index contributed by atoms with van der Waals surface area (Å²) in [6, 6.07) is 9.31. The molecule has 18 heavy (non-hydrogen) atoms. The fourth-order valence-electron chi connectivity index (χ4n) is 2.98. The van der Waals surface area contributed by atoms with Gasteiger partial charge in [0.25, 0.3) is 0 Å². The molecule has 0 spiro atoms. The molecule has 1 aromatic carbocycles. The van der Waals surface area contributed by atoms with E-state index in [1.54, 1.807) is 0 Å². The van der Waals surface area contributed by atoms with Crippen LogP contribution in [0.25, 0.3) is 0 Å². The average Bonchev–Trinajstić information content (AvgIpc) is 2.43. The highest BCUT2D eigenvalue weighted by atomic mass is 32.2. The lowest BCUT2D eigenvalue weighted by Gasteiger charge is -2.28. The zero-order chi connectivity index (χ0) is 12.2. The predicted molar refractivity (Wildman–Crippen MR) is 84.2 cm³/mol. The zero-order valence-corrected chi connectivity index (χ0v) is 12.6. The van der Waals surface area contributed by atoms with Gasteiger partial charge < -0.3 is 0 Å². The lowest BCUT2D eigenvalue weighted by Crippen LogP contribution is -2.18. The van der Waals surface area contributed by atoms with Crippen LogP contribution in [-0.2, 0) is 11.5 Å². The van der Waals surface area contributed by atoms with Crippen LogP contribution in [0.5, 0.6) is 0 Å². The van der Waals surface area contributed by atoms with Gasteiger partial charge in [0.05, 0.1) is 0 Å². The Bertz CT molecular complexity index is 326. The zero-order valence-electron chi connectivity index (χ0n) is 10.9. The molecule has 0 atom stereocenters. The second-order valence-corrected chi connectivity index (χ2v) is 7.79. The van der Waals surface area contributed by atoms with Gasteiger partial charge in [-0.2, -0.15) is 23.5 Å². The van der Waals surface area contributed by atoms with Crippen molar-refractivity contribution in [1.82, 2.24) is 0 Å². The second kappa shape index (κ2) is 6.38. The molecule has 4 bridgehead atoms. The maximum absolute atomic E-state index is 2.33. The molecule has 1 aliphatic carbocycles. The molecule has 4 heterocycles. The summed E-state index contributed by atoms with van der Waals surface area (Å²) in [7, 11) is 0. The van der Waals surface area contributed by atoms with Gasteiger partial charge in [0.15, 0.2) is 0 Å². The van der Waals surface area contributed by atoms with E-state index in [-0.39, 0.29) is 0 Å². The number of benzene rings is 1. The lowest BCUT2D eigenvalue weighted by atomic mass is 9.84. The van der Waals surface area contributed by atoms with Gasteiger partial charge in [-0.15, -0.1) is 0 Å². The fraction of sp³-hybridized carbons (Fsp3) is 0.625. The van der Waals surface area contributed by atoms with Crippen LogP contribution < -0.4 is 0 Å². The molecule has 0 amide bonds. The van der Waals surface area contributed by atoms with E-state index in [2.05, 4.69) is 47.8 Å². The van der Waals surface area contributed by atoms with Gasteiger partial charge in [-0.05, 0) is 60.2 Å². The van der Waals surface area contributed by atoms with Gasteiger partial charge in [-0.3, -0.25) is 0 Å². The first-order chi connectivity index (χ1) is 8.90. The summed E-state index contributed by atoms with van der Waals surface area (Å²) < 4.78 is 0. The average molecular weight is 278 g/mol.